The van der Waals surface area contributed by atoms with Crippen molar-refractivity contribution in [1.29, 1.82) is 0 Å². The van der Waals surface area contributed by atoms with Gasteiger partial charge < -0.3 is 15.3 Å². The molecule has 2 N–H and O–H groups in total. The van der Waals surface area contributed by atoms with Gasteiger partial charge in [-0.2, -0.15) is 0 Å². The molecule has 6 nitrogen and oxygen atoms in total. The molecule has 0 spiro atoms. The van der Waals surface area contributed by atoms with E-state index in [4.69, 9.17) is 5.11 Å². The summed E-state index contributed by atoms with van der Waals surface area (Å²) in [5.74, 6) is -1.46. The highest BCUT2D eigenvalue weighted by molar-refractivity contribution is 5.99. The third-order valence-electron chi connectivity index (χ3n) is 3.93. The SMILES string of the molecule is CN(C)C(=O)c1cccc(C(=O)NC(CCC(=O)O)c2ccccc2)c1. The van der Waals surface area contributed by atoms with E-state index in [2.05, 4.69) is 5.32 Å². The Morgan fingerprint density at radius 2 is 1.65 bits per heavy atom. The van der Waals surface area contributed by atoms with Crippen LogP contribution in [0.15, 0.2) is 54.6 Å². The summed E-state index contributed by atoms with van der Waals surface area (Å²) in [6.45, 7) is 0. The number of carbonyl (C=O) groups is 3. The standard InChI is InChI=1S/C20H22N2O4/c1-22(2)20(26)16-10-6-9-15(13-16)19(25)21-17(11-12-18(23)24)14-7-4-3-5-8-14/h3-10,13,17H,11-12H2,1-2H3,(H,21,25)(H,23,24). The molecule has 2 aromatic rings. The number of carboxylic acid groups (broad SMARTS) is 1. The molecule has 0 aromatic heterocycles. The van der Waals surface area contributed by atoms with Crippen LogP contribution in [0.5, 0.6) is 0 Å². The van der Waals surface area contributed by atoms with E-state index in [0.29, 0.717) is 11.1 Å². The van der Waals surface area contributed by atoms with Crippen molar-refractivity contribution < 1.29 is 19.5 Å². The second kappa shape index (κ2) is 8.80. The van der Waals surface area contributed by atoms with Crippen LogP contribution in [0.1, 0.15) is 45.2 Å². The molecule has 136 valence electrons. The third kappa shape index (κ3) is 5.17. The molecular weight excluding hydrogens is 332 g/mol. The number of carboxylic acids is 1. The van der Waals surface area contributed by atoms with Gasteiger partial charge in [0.05, 0.1) is 6.04 Å². The third-order valence-corrected chi connectivity index (χ3v) is 3.93. The van der Waals surface area contributed by atoms with Gasteiger partial charge in [0.1, 0.15) is 0 Å². The molecule has 26 heavy (non-hydrogen) atoms. The molecule has 6 heteroatoms. The van der Waals surface area contributed by atoms with Crippen molar-refractivity contribution in [3.8, 4) is 0 Å². The van der Waals surface area contributed by atoms with E-state index in [1.807, 2.05) is 30.3 Å². The molecule has 0 radical (unpaired) electrons. The van der Waals surface area contributed by atoms with Crippen molar-refractivity contribution in [2.75, 3.05) is 14.1 Å². The van der Waals surface area contributed by atoms with Crippen LogP contribution in [0.25, 0.3) is 0 Å². The average molecular weight is 354 g/mol. The summed E-state index contributed by atoms with van der Waals surface area (Å²) < 4.78 is 0. The Morgan fingerprint density at radius 3 is 2.27 bits per heavy atom. The van der Waals surface area contributed by atoms with Crippen LogP contribution in [0.2, 0.25) is 0 Å². The lowest BCUT2D eigenvalue weighted by molar-refractivity contribution is -0.137. The van der Waals surface area contributed by atoms with E-state index in [1.54, 1.807) is 32.3 Å². The first kappa shape index (κ1) is 19.2. The van der Waals surface area contributed by atoms with E-state index in [-0.39, 0.29) is 24.7 Å². The normalized spacial score (nSPS) is 11.5. The first-order valence-electron chi connectivity index (χ1n) is 8.28. The maximum absolute atomic E-state index is 12.6. The molecule has 0 saturated carbocycles. The van der Waals surface area contributed by atoms with Gasteiger partial charge in [0.2, 0.25) is 0 Å². The zero-order valence-electron chi connectivity index (χ0n) is 14.8. The van der Waals surface area contributed by atoms with Crippen LogP contribution >= 0.6 is 0 Å². The second-order valence-electron chi connectivity index (χ2n) is 6.15. The van der Waals surface area contributed by atoms with Crippen molar-refractivity contribution in [1.82, 2.24) is 10.2 Å². The van der Waals surface area contributed by atoms with Gasteiger partial charge in [-0.3, -0.25) is 14.4 Å². The first-order valence-corrected chi connectivity index (χ1v) is 8.28. The molecule has 2 rings (SSSR count). The predicted octanol–water partition coefficient (Wildman–Crippen LogP) is 2.72. The van der Waals surface area contributed by atoms with E-state index in [1.165, 1.54) is 11.0 Å². The molecule has 1 unspecified atom stereocenters. The highest BCUT2D eigenvalue weighted by Gasteiger charge is 2.18. The lowest BCUT2D eigenvalue weighted by Crippen LogP contribution is -2.29. The van der Waals surface area contributed by atoms with Crippen LogP contribution in [0.4, 0.5) is 0 Å². The molecule has 0 aliphatic carbocycles. The van der Waals surface area contributed by atoms with Gasteiger partial charge >= 0.3 is 5.97 Å². The van der Waals surface area contributed by atoms with Crippen molar-refractivity contribution in [3.05, 3.63) is 71.3 Å². The fourth-order valence-corrected chi connectivity index (χ4v) is 2.57. The number of benzene rings is 2. The molecule has 0 aliphatic rings. The number of hydrogen-bond donors (Lipinski definition) is 2. The summed E-state index contributed by atoms with van der Waals surface area (Å²) in [5, 5.41) is 11.8. The summed E-state index contributed by atoms with van der Waals surface area (Å²) in [6, 6.07) is 15.3. The fraction of sp³-hybridized carbons (Fsp3) is 0.250. The molecule has 0 aliphatic heterocycles. The summed E-state index contributed by atoms with van der Waals surface area (Å²) >= 11 is 0. The Morgan fingerprint density at radius 1 is 1.00 bits per heavy atom. The number of aliphatic carboxylic acids is 1. The maximum Gasteiger partial charge on any atom is 0.303 e. The van der Waals surface area contributed by atoms with Crippen LogP contribution in [-0.4, -0.2) is 41.9 Å². The molecular formula is C20H22N2O4. The minimum atomic E-state index is -0.918. The molecule has 1 atom stereocenters. The van der Waals surface area contributed by atoms with Crippen LogP contribution in [-0.2, 0) is 4.79 Å². The van der Waals surface area contributed by atoms with Crippen LogP contribution < -0.4 is 5.32 Å². The van der Waals surface area contributed by atoms with Gasteiger partial charge in [0, 0.05) is 31.6 Å². The second-order valence-corrected chi connectivity index (χ2v) is 6.15. The van der Waals surface area contributed by atoms with Crippen LogP contribution in [0.3, 0.4) is 0 Å². The molecule has 0 heterocycles. The monoisotopic (exact) mass is 354 g/mol. The smallest absolute Gasteiger partial charge is 0.303 e. The Balaban J connectivity index is 2.20. The molecule has 0 saturated heterocycles. The number of rotatable bonds is 7. The largest absolute Gasteiger partial charge is 0.481 e. The quantitative estimate of drug-likeness (QED) is 0.800. The highest BCUT2D eigenvalue weighted by atomic mass is 16.4. The Labute approximate surface area is 152 Å². The Hall–Kier alpha value is -3.15. The number of hydrogen-bond acceptors (Lipinski definition) is 3. The van der Waals surface area contributed by atoms with Crippen molar-refractivity contribution in [3.63, 3.8) is 0 Å². The Kier molecular flexibility index (Phi) is 6.49. The van der Waals surface area contributed by atoms with Crippen LogP contribution in [0, 0.1) is 0 Å². The lowest BCUT2D eigenvalue weighted by atomic mass is 10.0. The minimum Gasteiger partial charge on any atom is -0.481 e. The predicted molar refractivity (Wildman–Crippen MR) is 98.0 cm³/mol. The van der Waals surface area contributed by atoms with Gasteiger partial charge in [-0.15, -0.1) is 0 Å². The van der Waals surface area contributed by atoms with Crippen molar-refractivity contribution in [2.24, 2.45) is 0 Å². The van der Waals surface area contributed by atoms with E-state index in [0.717, 1.165) is 5.56 Å². The molecule has 2 amide bonds. The summed E-state index contributed by atoms with van der Waals surface area (Å²) in [4.78, 5) is 37.1. The number of carbonyl (C=O) groups excluding carboxylic acids is 2. The van der Waals surface area contributed by atoms with E-state index >= 15 is 0 Å². The summed E-state index contributed by atoms with van der Waals surface area (Å²) in [5.41, 5.74) is 1.61. The maximum atomic E-state index is 12.6. The average Bonchev–Trinajstić information content (AvgIpc) is 2.64. The molecule has 0 fully saturated rings. The molecule has 2 aromatic carbocycles. The van der Waals surface area contributed by atoms with Gasteiger partial charge in [0.15, 0.2) is 0 Å². The van der Waals surface area contributed by atoms with E-state index < -0.39 is 12.0 Å². The number of amides is 2. The van der Waals surface area contributed by atoms with Crippen molar-refractivity contribution in [2.45, 2.75) is 18.9 Å². The van der Waals surface area contributed by atoms with Gasteiger partial charge in [-0.25, -0.2) is 0 Å². The molecule has 0 bridgehead atoms. The summed E-state index contributed by atoms with van der Waals surface area (Å²) in [7, 11) is 3.29. The number of nitrogens with zero attached hydrogens (tertiary/aromatic N) is 1. The topological polar surface area (TPSA) is 86.7 Å². The van der Waals surface area contributed by atoms with Gasteiger partial charge in [-0.1, -0.05) is 36.4 Å². The summed E-state index contributed by atoms with van der Waals surface area (Å²) in [6.07, 6.45) is 0.223. The fourth-order valence-electron chi connectivity index (χ4n) is 2.57. The van der Waals surface area contributed by atoms with Gasteiger partial charge in [0.25, 0.3) is 11.8 Å². The highest BCUT2D eigenvalue weighted by Crippen LogP contribution is 2.19. The lowest BCUT2D eigenvalue weighted by Gasteiger charge is -2.19. The van der Waals surface area contributed by atoms with Crippen molar-refractivity contribution >= 4 is 17.8 Å². The zero-order valence-corrected chi connectivity index (χ0v) is 14.8. The zero-order chi connectivity index (χ0) is 19.1. The first-order chi connectivity index (χ1) is 12.4. The minimum absolute atomic E-state index is 0.0566. The van der Waals surface area contributed by atoms with E-state index in [9.17, 15) is 14.4 Å². The Bertz CT molecular complexity index is 787. The van der Waals surface area contributed by atoms with Gasteiger partial charge in [-0.05, 0) is 30.2 Å². The number of nitrogens with one attached hydrogen (secondary N) is 1.